The molecule has 1 amide bonds. The number of anilines is 1. The van der Waals surface area contributed by atoms with E-state index in [0.29, 0.717) is 11.6 Å². The second kappa shape index (κ2) is 9.16. The summed E-state index contributed by atoms with van der Waals surface area (Å²) in [4.78, 5) is 37.2. The topological polar surface area (TPSA) is 102 Å². The number of carbonyl (C=O) groups is 2. The molecule has 146 valence electrons. The molecule has 0 saturated carbocycles. The molecule has 1 aromatic carbocycles. The first-order chi connectivity index (χ1) is 12.8. The van der Waals surface area contributed by atoms with E-state index in [1.54, 1.807) is 6.07 Å². The van der Waals surface area contributed by atoms with Gasteiger partial charge < -0.3 is 15.0 Å². The van der Waals surface area contributed by atoms with Crippen LogP contribution in [0, 0.1) is 16.0 Å². The molecule has 0 radical (unpaired) electrons. The van der Waals surface area contributed by atoms with Gasteiger partial charge in [-0.2, -0.15) is 0 Å². The summed E-state index contributed by atoms with van der Waals surface area (Å²) >= 11 is 0. The number of rotatable bonds is 7. The molecule has 27 heavy (non-hydrogen) atoms. The molecule has 1 atom stereocenters. The fraction of sp³-hybridized carbons (Fsp3) is 0.474. The second-order valence-electron chi connectivity index (χ2n) is 6.71. The quantitative estimate of drug-likeness (QED) is 0.340. The zero-order valence-electron chi connectivity index (χ0n) is 15.6. The van der Waals surface area contributed by atoms with Gasteiger partial charge in [0, 0.05) is 31.8 Å². The van der Waals surface area contributed by atoms with Crippen molar-refractivity contribution >= 4 is 23.3 Å². The van der Waals surface area contributed by atoms with Gasteiger partial charge in [-0.25, -0.2) is 4.79 Å². The van der Waals surface area contributed by atoms with Crippen LogP contribution >= 0.6 is 0 Å². The lowest BCUT2D eigenvalue weighted by atomic mass is 9.98. The summed E-state index contributed by atoms with van der Waals surface area (Å²) in [5.41, 5.74) is 0.498. The zero-order valence-corrected chi connectivity index (χ0v) is 15.6. The maximum atomic E-state index is 12.7. The number of hydrogen-bond donors (Lipinski definition) is 1. The average molecular weight is 375 g/mol. The van der Waals surface area contributed by atoms with E-state index >= 15 is 0 Å². The van der Waals surface area contributed by atoms with E-state index in [2.05, 4.69) is 18.8 Å². The zero-order chi connectivity index (χ0) is 20.0. The Kier molecular flexibility index (Phi) is 6.92. The normalized spacial score (nSPS) is 15.7. The molecular weight excluding hydrogens is 350 g/mol. The number of nitrogens with zero attached hydrogens (tertiary/aromatic N) is 2. The first kappa shape index (κ1) is 20.4. The number of nitrogens with one attached hydrogen (secondary N) is 1. The molecule has 8 nitrogen and oxygen atoms in total. The van der Waals surface area contributed by atoms with Crippen LogP contribution in [0.1, 0.15) is 37.0 Å². The van der Waals surface area contributed by atoms with Gasteiger partial charge in [0.05, 0.1) is 16.2 Å². The highest BCUT2D eigenvalue weighted by Gasteiger charge is 2.26. The Morgan fingerprint density at radius 2 is 2.11 bits per heavy atom. The van der Waals surface area contributed by atoms with Crippen molar-refractivity contribution in [2.24, 2.45) is 5.92 Å². The van der Waals surface area contributed by atoms with Crippen molar-refractivity contribution in [1.29, 1.82) is 0 Å². The van der Waals surface area contributed by atoms with Gasteiger partial charge in [0.1, 0.15) is 0 Å². The van der Waals surface area contributed by atoms with E-state index in [1.165, 1.54) is 25.1 Å². The number of piperidine rings is 1. The summed E-state index contributed by atoms with van der Waals surface area (Å²) in [5, 5.41) is 13.7. The lowest BCUT2D eigenvalue weighted by molar-refractivity contribution is -0.384. The Bertz CT molecular complexity index is 726. The number of amides is 1. The molecular formula is C19H25N3O5. The minimum absolute atomic E-state index is 0.0992. The standard InChI is InChI=1S/C19H25N3O5/c1-4-9-20-18(23)14(3)27-19(24)16-12-15(22(25)26)5-6-17(16)21-10-7-13(2)8-11-21/h4-6,12-14H,1,7-11H2,2-3H3,(H,20,23)/t14-/m0/s1. The van der Waals surface area contributed by atoms with Crippen LogP contribution in [0.15, 0.2) is 30.9 Å². The molecule has 1 aliphatic rings. The summed E-state index contributed by atoms with van der Waals surface area (Å²) in [6.45, 7) is 8.91. The molecule has 8 heteroatoms. The number of carbonyl (C=O) groups excluding carboxylic acids is 2. The maximum absolute atomic E-state index is 12.7. The van der Waals surface area contributed by atoms with Crippen LogP contribution in [0.2, 0.25) is 0 Å². The molecule has 0 spiro atoms. The number of hydrogen-bond acceptors (Lipinski definition) is 6. The van der Waals surface area contributed by atoms with E-state index in [1.807, 2.05) is 4.90 Å². The summed E-state index contributed by atoms with van der Waals surface area (Å²) in [5.74, 6) is -0.612. The van der Waals surface area contributed by atoms with Crippen LogP contribution < -0.4 is 10.2 Å². The first-order valence-electron chi connectivity index (χ1n) is 8.96. The second-order valence-corrected chi connectivity index (χ2v) is 6.71. The van der Waals surface area contributed by atoms with E-state index in [4.69, 9.17) is 4.74 Å². The molecule has 0 aliphatic carbocycles. The smallest absolute Gasteiger partial charge is 0.341 e. The highest BCUT2D eigenvalue weighted by atomic mass is 16.6. The van der Waals surface area contributed by atoms with Crippen molar-refractivity contribution in [3.05, 3.63) is 46.5 Å². The Morgan fingerprint density at radius 3 is 2.70 bits per heavy atom. The number of esters is 1. The molecule has 1 heterocycles. The fourth-order valence-electron chi connectivity index (χ4n) is 2.92. The Labute approximate surface area is 158 Å². The molecule has 1 N–H and O–H groups in total. The molecule has 0 aromatic heterocycles. The van der Waals surface area contributed by atoms with Crippen molar-refractivity contribution in [1.82, 2.24) is 5.32 Å². The predicted octanol–water partition coefficient (Wildman–Crippen LogP) is 2.68. The molecule has 1 aliphatic heterocycles. The van der Waals surface area contributed by atoms with Crippen molar-refractivity contribution in [3.63, 3.8) is 0 Å². The van der Waals surface area contributed by atoms with E-state index in [0.717, 1.165) is 25.9 Å². The lowest BCUT2D eigenvalue weighted by Gasteiger charge is -2.33. The first-order valence-corrected chi connectivity index (χ1v) is 8.96. The molecule has 0 bridgehead atoms. The van der Waals surface area contributed by atoms with Crippen LogP contribution in [-0.4, -0.2) is 42.5 Å². The van der Waals surface area contributed by atoms with Crippen LogP contribution in [0.5, 0.6) is 0 Å². The SMILES string of the molecule is C=CCNC(=O)[C@H](C)OC(=O)c1cc([N+](=O)[O-])ccc1N1CCC(C)CC1. The predicted molar refractivity (Wildman–Crippen MR) is 102 cm³/mol. The van der Waals surface area contributed by atoms with Gasteiger partial charge in [-0.05, 0) is 31.7 Å². The van der Waals surface area contributed by atoms with E-state index in [-0.39, 0.29) is 17.8 Å². The fourth-order valence-corrected chi connectivity index (χ4v) is 2.92. The van der Waals surface area contributed by atoms with E-state index in [9.17, 15) is 19.7 Å². The van der Waals surface area contributed by atoms with Crippen molar-refractivity contribution in [2.45, 2.75) is 32.8 Å². The monoisotopic (exact) mass is 375 g/mol. The Morgan fingerprint density at radius 1 is 1.44 bits per heavy atom. The summed E-state index contributed by atoms with van der Waals surface area (Å²) in [6, 6.07) is 4.17. The third-order valence-electron chi connectivity index (χ3n) is 4.61. The van der Waals surface area contributed by atoms with Gasteiger partial charge in [0.25, 0.3) is 11.6 Å². The van der Waals surface area contributed by atoms with Gasteiger partial charge in [-0.1, -0.05) is 13.0 Å². The number of nitro groups is 1. The number of benzene rings is 1. The molecule has 1 fully saturated rings. The van der Waals surface area contributed by atoms with Gasteiger partial charge in [0.2, 0.25) is 0 Å². The highest BCUT2D eigenvalue weighted by molar-refractivity contribution is 5.98. The Hall–Kier alpha value is -2.90. The van der Waals surface area contributed by atoms with Gasteiger partial charge >= 0.3 is 5.97 Å². The molecule has 2 rings (SSSR count). The number of non-ortho nitro benzene ring substituents is 1. The van der Waals surface area contributed by atoms with Gasteiger partial charge in [-0.15, -0.1) is 6.58 Å². The van der Waals surface area contributed by atoms with Crippen LogP contribution in [-0.2, 0) is 9.53 Å². The number of nitro benzene ring substituents is 1. The Balaban J connectivity index is 2.24. The van der Waals surface area contributed by atoms with Crippen LogP contribution in [0.4, 0.5) is 11.4 Å². The average Bonchev–Trinajstić information content (AvgIpc) is 2.66. The van der Waals surface area contributed by atoms with E-state index < -0.39 is 22.9 Å². The van der Waals surface area contributed by atoms with Crippen molar-refractivity contribution in [3.8, 4) is 0 Å². The summed E-state index contributed by atoms with van der Waals surface area (Å²) in [7, 11) is 0. The van der Waals surface area contributed by atoms with Crippen LogP contribution in [0.25, 0.3) is 0 Å². The lowest BCUT2D eigenvalue weighted by Crippen LogP contribution is -2.37. The molecule has 0 unspecified atom stereocenters. The van der Waals surface area contributed by atoms with Crippen molar-refractivity contribution < 1.29 is 19.2 Å². The highest BCUT2D eigenvalue weighted by Crippen LogP contribution is 2.30. The largest absolute Gasteiger partial charge is 0.449 e. The number of ether oxygens (including phenoxy) is 1. The minimum atomic E-state index is -1.02. The maximum Gasteiger partial charge on any atom is 0.341 e. The van der Waals surface area contributed by atoms with Gasteiger partial charge in [-0.3, -0.25) is 14.9 Å². The van der Waals surface area contributed by atoms with Crippen LogP contribution in [0.3, 0.4) is 0 Å². The van der Waals surface area contributed by atoms with Crippen molar-refractivity contribution in [2.75, 3.05) is 24.5 Å². The molecule has 1 aromatic rings. The van der Waals surface area contributed by atoms with Gasteiger partial charge in [0.15, 0.2) is 6.10 Å². The third-order valence-corrected chi connectivity index (χ3v) is 4.61. The minimum Gasteiger partial charge on any atom is -0.449 e. The summed E-state index contributed by atoms with van der Waals surface area (Å²) in [6.07, 6.45) is 2.45. The summed E-state index contributed by atoms with van der Waals surface area (Å²) < 4.78 is 5.25. The third kappa shape index (κ3) is 5.29. The molecule has 1 saturated heterocycles.